The molecule has 0 saturated carbocycles. The fraction of sp³-hybridized carbons (Fsp3) is 0.615. The Labute approximate surface area is 212 Å². The van der Waals surface area contributed by atoms with Crippen molar-refractivity contribution in [3.8, 4) is 0 Å². The van der Waals surface area contributed by atoms with Crippen LogP contribution < -0.4 is 5.32 Å². The lowest BCUT2D eigenvalue weighted by Gasteiger charge is -2.15. The number of benzene rings is 1. The van der Waals surface area contributed by atoms with Crippen molar-refractivity contribution in [2.45, 2.75) is 85.7 Å². The summed E-state index contributed by atoms with van der Waals surface area (Å²) >= 11 is 5.39. The number of carbonyl (C=O) groups excluding carboxylic acids is 1. The van der Waals surface area contributed by atoms with Crippen LogP contribution in [-0.2, 0) is 6.18 Å². The average molecular weight is 521 g/mol. The van der Waals surface area contributed by atoms with E-state index in [0.717, 1.165) is 42.7 Å². The van der Waals surface area contributed by atoms with Crippen molar-refractivity contribution in [2.75, 3.05) is 18.5 Å². The number of carbonyl (C=O) groups is 1. The second-order valence-corrected chi connectivity index (χ2v) is 8.50. The van der Waals surface area contributed by atoms with E-state index < -0.39 is 16.8 Å². The molecule has 1 aromatic heterocycles. The van der Waals surface area contributed by atoms with Crippen molar-refractivity contribution in [2.24, 2.45) is 5.92 Å². The average Bonchev–Trinajstić information content (AvgIpc) is 3.29. The van der Waals surface area contributed by atoms with Gasteiger partial charge in [-0.25, -0.2) is 0 Å². The standard InChI is InChI=1S/C15H28N2O2.C9H6ClF3O.C2H6/c1-4-6-13(8-7-12(3)5-2)14-11-15(19-17-14)16-9-10-18;1-5(14)6-2-3-7(8(10)4-6)9(11,12)13;1-2/h11-13,16,18H,4-10H2,1-3H3;2-4H,1H3;1-2H3. The predicted octanol–water partition coefficient (Wildman–Crippen LogP) is 8.38. The zero-order valence-electron chi connectivity index (χ0n) is 21.6. The van der Waals surface area contributed by atoms with Gasteiger partial charge in [0, 0.05) is 24.1 Å². The number of anilines is 1. The second kappa shape index (κ2) is 17.4. The Morgan fingerprint density at radius 3 is 2.31 bits per heavy atom. The Balaban J connectivity index is 0.000000641. The van der Waals surface area contributed by atoms with Crippen LogP contribution in [0.4, 0.5) is 19.1 Å². The number of hydrogen-bond donors (Lipinski definition) is 2. The largest absolute Gasteiger partial charge is 0.417 e. The fourth-order valence-electron chi connectivity index (χ4n) is 3.19. The van der Waals surface area contributed by atoms with Crippen LogP contribution in [0.3, 0.4) is 0 Å². The van der Waals surface area contributed by atoms with Crippen LogP contribution in [0.25, 0.3) is 0 Å². The number of ketones is 1. The molecular formula is C26H40ClF3N2O3. The highest BCUT2D eigenvalue weighted by atomic mass is 35.5. The molecule has 0 saturated heterocycles. The summed E-state index contributed by atoms with van der Waals surface area (Å²) in [6.07, 6.45) is 1.50. The Morgan fingerprint density at radius 2 is 1.83 bits per heavy atom. The molecule has 0 bridgehead atoms. The first-order valence-corrected chi connectivity index (χ1v) is 12.6. The normalized spacial score (nSPS) is 12.5. The highest BCUT2D eigenvalue weighted by Crippen LogP contribution is 2.35. The predicted molar refractivity (Wildman–Crippen MR) is 136 cm³/mol. The lowest BCUT2D eigenvalue weighted by atomic mass is 9.90. The van der Waals surface area contributed by atoms with Gasteiger partial charge >= 0.3 is 6.18 Å². The van der Waals surface area contributed by atoms with Gasteiger partial charge in [0.25, 0.3) is 0 Å². The van der Waals surface area contributed by atoms with E-state index in [1.54, 1.807) is 0 Å². The van der Waals surface area contributed by atoms with Crippen LogP contribution in [0.5, 0.6) is 0 Å². The number of halogens is 4. The Bertz CT molecular complexity index is 857. The minimum absolute atomic E-state index is 0.0996. The molecule has 200 valence electrons. The quantitative estimate of drug-likeness (QED) is 0.291. The van der Waals surface area contributed by atoms with Crippen LogP contribution in [0.15, 0.2) is 28.8 Å². The van der Waals surface area contributed by atoms with Crippen LogP contribution in [0.2, 0.25) is 5.02 Å². The lowest BCUT2D eigenvalue weighted by Crippen LogP contribution is -2.06. The number of hydrogen-bond acceptors (Lipinski definition) is 5. The van der Waals surface area contributed by atoms with Gasteiger partial charge in [-0.15, -0.1) is 0 Å². The molecule has 0 radical (unpaired) electrons. The van der Waals surface area contributed by atoms with E-state index in [1.165, 1.54) is 26.2 Å². The van der Waals surface area contributed by atoms with Crippen molar-refractivity contribution in [1.82, 2.24) is 5.16 Å². The minimum Gasteiger partial charge on any atom is -0.395 e. The smallest absolute Gasteiger partial charge is 0.395 e. The van der Waals surface area contributed by atoms with E-state index in [4.69, 9.17) is 21.2 Å². The SMILES string of the molecule is CC.CC(=O)c1ccc(C(F)(F)F)c(Cl)c1.CCCC(CCC(C)CC)c1cc(NCCO)on1. The summed E-state index contributed by atoms with van der Waals surface area (Å²) in [6.45, 7) is 12.6. The van der Waals surface area contributed by atoms with E-state index in [2.05, 4.69) is 31.2 Å². The number of aliphatic hydroxyl groups excluding tert-OH is 1. The van der Waals surface area contributed by atoms with Gasteiger partial charge in [0.1, 0.15) is 0 Å². The summed E-state index contributed by atoms with van der Waals surface area (Å²) in [4.78, 5) is 10.8. The topological polar surface area (TPSA) is 75.4 Å². The second-order valence-electron chi connectivity index (χ2n) is 8.09. The van der Waals surface area contributed by atoms with Gasteiger partial charge in [-0.1, -0.05) is 76.7 Å². The molecule has 2 rings (SSSR count). The number of aromatic nitrogens is 1. The highest BCUT2D eigenvalue weighted by Gasteiger charge is 2.33. The van der Waals surface area contributed by atoms with Crippen molar-refractivity contribution in [3.63, 3.8) is 0 Å². The van der Waals surface area contributed by atoms with E-state index in [1.807, 2.05) is 19.9 Å². The number of rotatable bonds is 11. The van der Waals surface area contributed by atoms with Crippen LogP contribution in [0.1, 0.15) is 101 Å². The lowest BCUT2D eigenvalue weighted by molar-refractivity contribution is -0.137. The fourth-order valence-corrected chi connectivity index (χ4v) is 3.47. The molecule has 2 atom stereocenters. The van der Waals surface area contributed by atoms with Crippen LogP contribution >= 0.6 is 11.6 Å². The summed E-state index contributed by atoms with van der Waals surface area (Å²) in [5, 5.41) is 15.5. The molecule has 2 N–H and O–H groups in total. The van der Waals surface area contributed by atoms with E-state index in [0.29, 0.717) is 18.3 Å². The van der Waals surface area contributed by atoms with Gasteiger partial charge in [-0.2, -0.15) is 13.2 Å². The molecule has 0 fully saturated rings. The van der Waals surface area contributed by atoms with Gasteiger partial charge in [0.15, 0.2) is 5.78 Å². The number of Topliss-reactive ketones (excluding diaryl/α,β-unsaturated/α-hetero) is 1. The molecule has 0 aliphatic heterocycles. The molecule has 0 spiro atoms. The molecule has 2 unspecified atom stereocenters. The Hall–Kier alpha value is -2.06. The molecule has 0 amide bonds. The zero-order valence-corrected chi connectivity index (χ0v) is 22.4. The van der Waals surface area contributed by atoms with E-state index in [9.17, 15) is 18.0 Å². The first-order valence-electron chi connectivity index (χ1n) is 12.2. The molecule has 1 aromatic carbocycles. The summed E-state index contributed by atoms with van der Waals surface area (Å²) in [5.74, 6) is 1.61. The van der Waals surface area contributed by atoms with Crippen molar-refractivity contribution in [3.05, 3.63) is 46.1 Å². The maximum Gasteiger partial charge on any atom is 0.417 e. The monoisotopic (exact) mass is 520 g/mol. The third kappa shape index (κ3) is 12.5. The number of nitrogens with one attached hydrogen (secondary N) is 1. The summed E-state index contributed by atoms with van der Waals surface area (Å²) in [7, 11) is 0. The molecule has 1 heterocycles. The molecule has 0 aliphatic rings. The molecule has 9 heteroatoms. The Kier molecular flexibility index (Phi) is 16.4. The highest BCUT2D eigenvalue weighted by molar-refractivity contribution is 6.31. The van der Waals surface area contributed by atoms with Gasteiger partial charge in [-0.05, 0) is 37.8 Å². The Morgan fingerprint density at radius 1 is 1.17 bits per heavy atom. The maximum absolute atomic E-state index is 12.2. The third-order valence-corrected chi connectivity index (χ3v) is 5.69. The number of alkyl halides is 3. The van der Waals surface area contributed by atoms with Crippen LogP contribution in [0, 0.1) is 5.92 Å². The molecule has 0 aliphatic carbocycles. The van der Waals surface area contributed by atoms with Gasteiger partial charge in [-0.3, -0.25) is 4.79 Å². The number of aliphatic hydroxyl groups is 1. The third-order valence-electron chi connectivity index (χ3n) is 5.38. The van der Waals surface area contributed by atoms with Crippen molar-refractivity contribution >= 4 is 23.3 Å². The van der Waals surface area contributed by atoms with Crippen molar-refractivity contribution < 1.29 is 27.6 Å². The van der Waals surface area contributed by atoms with E-state index in [-0.39, 0.29) is 18.0 Å². The van der Waals surface area contributed by atoms with E-state index >= 15 is 0 Å². The van der Waals surface area contributed by atoms with Gasteiger partial charge < -0.3 is 14.9 Å². The summed E-state index contributed by atoms with van der Waals surface area (Å²) < 4.78 is 41.9. The molecule has 5 nitrogen and oxygen atoms in total. The first kappa shape index (κ1) is 32.9. The molecule has 2 aromatic rings. The zero-order chi connectivity index (χ0) is 27.0. The van der Waals surface area contributed by atoms with Gasteiger partial charge in [0.05, 0.1) is 22.9 Å². The first-order chi connectivity index (χ1) is 16.5. The van der Waals surface area contributed by atoms with Crippen molar-refractivity contribution in [1.29, 1.82) is 0 Å². The molecule has 35 heavy (non-hydrogen) atoms. The molecular weight excluding hydrogens is 481 g/mol. The number of nitrogens with zero attached hydrogens (tertiary/aromatic N) is 1. The van der Waals surface area contributed by atoms with Crippen LogP contribution in [-0.4, -0.2) is 29.2 Å². The minimum atomic E-state index is -4.48. The summed E-state index contributed by atoms with van der Waals surface area (Å²) in [5.41, 5.74) is 0.290. The maximum atomic E-state index is 12.2. The summed E-state index contributed by atoms with van der Waals surface area (Å²) in [6, 6.07) is 4.91. The van der Waals surface area contributed by atoms with Gasteiger partial charge in [0.2, 0.25) is 5.88 Å².